The molecule has 1 aliphatic rings. The summed E-state index contributed by atoms with van der Waals surface area (Å²) in [6.07, 6.45) is 0. The van der Waals surface area contributed by atoms with Gasteiger partial charge in [-0.2, -0.15) is 4.31 Å². The smallest absolute Gasteiger partial charge is 0.255 e. The predicted octanol–water partition coefficient (Wildman–Crippen LogP) is 3.07. The number of ether oxygens (including phenoxy) is 3. The zero-order chi connectivity index (χ0) is 24.7. The number of carbonyl (C=O) groups is 1. The highest BCUT2D eigenvalue weighted by Crippen LogP contribution is 2.39. The van der Waals surface area contributed by atoms with Crippen LogP contribution < -0.4 is 19.5 Å². The molecule has 0 aromatic heterocycles. The van der Waals surface area contributed by atoms with E-state index in [0.717, 1.165) is 0 Å². The van der Waals surface area contributed by atoms with Crippen LogP contribution in [0.1, 0.15) is 31.1 Å². The van der Waals surface area contributed by atoms with Gasteiger partial charge in [0.25, 0.3) is 5.91 Å². The number of sulfonamides is 1. The van der Waals surface area contributed by atoms with Crippen LogP contribution >= 0.6 is 0 Å². The summed E-state index contributed by atoms with van der Waals surface area (Å²) in [5.41, 5.74) is 0.688. The normalized spacial score (nSPS) is 15.1. The van der Waals surface area contributed by atoms with Crippen molar-refractivity contribution in [1.82, 2.24) is 9.21 Å². The maximum absolute atomic E-state index is 13.1. The van der Waals surface area contributed by atoms with Gasteiger partial charge in [-0.15, -0.1) is 0 Å². The van der Waals surface area contributed by atoms with Gasteiger partial charge in [0.15, 0.2) is 11.5 Å². The number of amides is 1. The molecule has 0 saturated carbocycles. The van der Waals surface area contributed by atoms with Crippen molar-refractivity contribution in [2.45, 2.75) is 25.7 Å². The van der Waals surface area contributed by atoms with E-state index in [2.05, 4.69) is 10.2 Å². The number of piperazine rings is 1. The Morgan fingerprint density at radius 2 is 1.50 bits per heavy atom. The summed E-state index contributed by atoms with van der Waals surface area (Å²) < 4.78 is 44.7. The SMILES string of the molecule is CCOc1cc(C(=O)Nc2cccc(S(=O)(=O)N3CCN(C)CC3)c2)cc(OCC)c1OCC. The third-order valence-corrected chi connectivity index (χ3v) is 7.26. The number of likely N-dealkylation sites (N-methyl/N-ethyl adjacent to an activating group) is 1. The highest BCUT2D eigenvalue weighted by Gasteiger charge is 2.27. The number of rotatable bonds is 10. The first-order valence-corrected chi connectivity index (χ1v) is 12.9. The Kier molecular flexibility index (Phi) is 8.76. The van der Waals surface area contributed by atoms with E-state index in [-0.39, 0.29) is 4.90 Å². The summed E-state index contributed by atoms with van der Waals surface area (Å²) in [6, 6.07) is 9.48. The number of hydrogen-bond acceptors (Lipinski definition) is 7. The van der Waals surface area contributed by atoms with Crippen molar-refractivity contribution >= 4 is 21.6 Å². The molecule has 1 amide bonds. The van der Waals surface area contributed by atoms with E-state index in [1.807, 2.05) is 27.8 Å². The summed E-state index contributed by atoms with van der Waals surface area (Å²) in [6.45, 7) is 8.96. The number of nitrogens with zero attached hydrogens (tertiary/aromatic N) is 2. The van der Waals surface area contributed by atoms with Crippen LogP contribution in [0.4, 0.5) is 5.69 Å². The summed E-state index contributed by atoms with van der Waals surface area (Å²) in [4.78, 5) is 15.3. The Hall–Kier alpha value is -2.82. The summed E-state index contributed by atoms with van der Waals surface area (Å²) in [7, 11) is -1.68. The Bertz CT molecular complexity index is 1070. The monoisotopic (exact) mass is 491 g/mol. The van der Waals surface area contributed by atoms with Crippen molar-refractivity contribution in [3.8, 4) is 17.2 Å². The second-order valence-corrected chi connectivity index (χ2v) is 9.73. The van der Waals surface area contributed by atoms with Gasteiger partial charge >= 0.3 is 0 Å². The van der Waals surface area contributed by atoms with Crippen molar-refractivity contribution in [2.75, 3.05) is 58.4 Å². The molecule has 186 valence electrons. The molecule has 0 radical (unpaired) electrons. The van der Waals surface area contributed by atoms with E-state index < -0.39 is 15.9 Å². The molecule has 1 fully saturated rings. The van der Waals surface area contributed by atoms with Gasteiger partial charge in [-0.3, -0.25) is 4.79 Å². The quantitative estimate of drug-likeness (QED) is 0.546. The summed E-state index contributed by atoms with van der Waals surface area (Å²) in [5, 5.41) is 2.79. The standard InChI is InChI=1S/C24H33N3O6S/c1-5-31-21-15-18(16-22(32-6-2)23(21)33-7-3)24(28)25-19-9-8-10-20(17-19)34(29,30)27-13-11-26(4)12-14-27/h8-10,15-17H,5-7,11-14H2,1-4H3,(H,25,28). The van der Waals surface area contributed by atoms with Gasteiger partial charge in [0.1, 0.15) is 0 Å². The van der Waals surface area contributed by atoms with Crippen molar-refractivity contribution in [1.29, 1.82) is 0 Å². The Labute approximate surface area is 201 Å². The second-order valence-electron chi connectivity index (χ2n) is 7.79. The van der Waals surface area contributed by atoms with Crippen LogP contribution in [0.3, 0.4) is 0 Å². The molecular weight excluding hydrogens is 458 g/mol. The first kappa shape index (κ1) is 25.8. The fraction of sp³-hybridized carbons (Fsp3) is 0.458. The van der Waals surface area contributed by atoms with Crippen LogP contribution in [0.15, 0.2) is 41.3 Å². The molecule has 2 aromatic rings. The second kappa shape index (κ2) is 11.5. The van der Waals surface area contributed by atoms with Gasteiger partial charge in [-0.05, 0) is 58.2 Å². The number of anilines is 1. The summed E-state index contributed by atoms with van der Waals surface area (Å²) >= 11 is 0. The molecule has 3 rings (SSSR count). The molecule has 1 heterocycles. The predicted molar refractivity (Wildman–Crippen MR) is 131 cm³/mol. The van der Waals surface area contributed by atoms with Crippen LogP contribution in [0.25, 0.3) is 0 Å². The summed E-state index contributed by atoms with van der Waals surface area (Å²) in [5.74, 6) is 0.848. The molecule has 0 unspecified atom stereocenters. The maximum atomic E-state index is 13.1. The van der Waals surface area contributed by atoms with E-state index in [1.54, 1.807) is 30.3 Å². The van der Waals surface area contributed by atoms with E-state index in [1.165, 1.54) is 10.4 Å². The van der Waals surface area contributed by atoms with Crippen molar-refractivity contribution in [3.63, 3.8) is 0 Å². The van der Waals surface area contributed by atoms with Crippen LogP contribution in [-0.2, 0) is 10.0 Å². The molecule has 0 atom stereocenters. The topological polar surface area (TPSA) is 97.4 Å². The first-order valence-electron chi connectivity index (χ1n) is 11.5. The zero-order valence-corrected chi connectivity index (χ0v) is 21.0. The minimum atomic E-state index is -3.65. The molecule has 1 saturated heterocycles. The Balaban J connectivity index is 1.85. The largest absolute Gasteiger partial charge is 0.490 e. The third-order valence-electron chi connectivity index (χ3n) is 5.36. The lowest BCUT2D eigenvalue weighted by Crippen LogP contribution is -2.47. The van der Waals surface area contributed by atoms with Crippen molar-refractivity contribution < 1.29 is 27.4 Å². The lowest BCUT2D eigenvalue weighted by molar-refractivity contribution is 0.102. The van der Waals surface area contributed by atoms with Crippen molar-refractivity contribution in [2.24, 2.45) is 0 Å². The van der Waals surface area contributed by atoms with Gasteiger partial charge in [0.05, 0.1) is 24.7 Å². The fourth-order valence-electron chi connectivity index (χ4n) is 3.63. The minimum absolute atomic E-state index is 0.145. The molecule has 0 spiro atoms. The van der Waals surface area contributed by atoms with Crippen LogP contribution in [0, 0.1) is 0 Å². The lowest BCUT2D eigenvalue weighted by Gasteiger charge is -2.31. The maximum Gasteiger partial charge on any atom is 0.255 e. The van der Waals surface area contributed by atoms with E-state index >= 15 is 0 Å². The highest BCUT2D eigenvalue weighted by molar-refractivity contribution is 7.89. The van der Waals surface area contributed by atoms with Crippen LogP contribution in [-0.4, -0.2) is 76.6 Å². The fourth-order valence-corrected chi connectivity index (χ4v) is 5.10. The average molecular weight is 492 g/mol. The number of benzene rings is 2. The molecule has 0 aliphatic carbocycles. The number of nitrogens with one attached hydrogen (secondary N) is 1. The van der Waals surface area contributed by atoms with E-state index in [0.29, 0.717) is 74.5 Å². The molecule has 34 heavy (non-hydrogen) atoms. The molecule has 0 bridgehead atoms. The molecule has 1 N–H and O–H groups in total. The van der Waals surface area contributed by atoms with Gasteiger partial charge in [0.2, 0.25) is 15.8 Å². The van der Waals surface area contributed by atoms with Gasteiger partial charge in [0, 0.05) is 37.4 Å². The molecule has 9 nitrogen and oxygen atoms in total. The lowest BCUT2D eigenvalue weighted by atomic mass is 10.1. The number of hydrogen-bond donors (Lipinski definition) is 1. The molecule has 10 heteroatoms. The van der Waals surface area contributed by atoms with E-state index in [4.69, 9.17) is 14.2 Å². The molecule has 2 aromatic carbocycles. The zero-order valence-electron chi connectivity index (χ0n) is 20.2. The molecule has 1 aliphatic heterocycles. The van der Waals surface area contributed by atoms with Gasteiger partial charge in [-0.1, -0.05) is 6.07 Å². The molecular formula is C24H33N3O6S. The van der Waals surface area contributed by atoms with Crippen LogP contribution in [0.2, 0.25) is 0 Å². The van der Waals surface area contributed by atoms with Gasteiger partial charge < -0.3 is 24.4 Å². The minimum Gasteiger partial charge on any atom is -0.490 e. The first-order chi connectivity index (χ1) is 16.3. The third kappa shape index (κ3) is 5.99. The van der Waals surface area contributed by atoms with Crippen LogP contribution in [0.5, 0.6) is 17.2 Å². The van der Waals surface area contributed by atoms with E-state index in [9.17, 15) is 13.2 Å². The number of carbonyl (C=O) groups excluding carboxylic acids is 1. The highest BCUT2D eigenvalue weighted by atomic mass is 32.2. The van der Waals surface area contributed by atoms with Crippen molar-refractivity contribution in [3.05, 3.63) is 42.0 Å². The average Bonchev–Trinajstić information content (AvgIpc) is 2.81. The van der Waals surface area contributed by atoms with Gasteiger partial charge in [-0.25, -0.2) is 8.42 Å². The Morgan fingerprint density at radius 1 is 0.912 bits per heavy atom. The Morgan fingerprint density at radius 3 is 2.06 bits per heavy atom.